The number of halogens is 3. The molecule has 0 radical (unpaired) electrons. The van der Waals surface area contributed by atoms with E-state index in [0.29, 0.717) is 20.7 Å². The Morgan fingerprint density at radius 3 is 2.55 bits per heavy atom. The van der Waals surface area contributed by atoms with Gasteiger partial charge < -0.3 is 5.32 Å². The van der Waals surface area contributed by atoms with Crippen LogP contribution in [0.1, 0.15) is 21.5 Å². The zero-order chi connectivity index (χ0) is 14.9. The molecule has 0 aliphatic carbocycles. The molecule has 2 aromatic carbocycles. The smallest absolute Gasteiger partial charge is 0.255 e. The highest BCUT2D eigenvalue weighted by Gasteiger charge is 2.11. The number of carbonyl (C=O) groups excluding carboxylic acids is 1. The summed E-state index contributed by atoms with van der Waals surface area (Å²) in [6, 6.07) is 7.95. The van der Waals surface area contributed by atoms with Crippen LogP contribution in [0, 0.1) is 19.7 Å². The number of amides is 1. The Bertz CT molecular complexity index is 688. The van der Waals surface area contributed by atoms with Gasteiger partial charge >= 0.3 is 0 Å². The van der Waals surface area contributed by atoms with Crippen molar-refractivity contribution in [2.24, 2.45) is 0 Å². The number of hydrogen-bond donors (Lipinski definition) is 1. The molecule has 0 saturated carbocycles. The van der Waals surface area contributed by atoms with Gasteiger partial charge in [0.2, 0.25) is 0 Å². The van der Waals surface area contributed by atoms with Gasteiger partial charge in [0, 0.05) is 16.3 Å². The molecule has 0 bridgehead atoms. The third kappa shape index (κ3) is 3.19. The Kier molecular flexibility index (Phi) is 4.45. The normalized spacial score (nSPS) is 10.4. The van der Waals surface area contributed by atoms with E-state index in [2.05, 4.69) is 21.2 Å². The topological polar surface area (TPSA) is 29.1 Å². The highest BCUT2D eigenvalue weighted by molar-refractivity contribution is 9.10. The first-order valence-electron chi connectivity index (χ1n) is 5.91. The summed E-state index contributed by atoms with van der Waals surface area (Å²) in [5.74, 6) is -0.746. The summed E-state index contributed by atoms with van der Waals surface area (Å²) in [4.78, 5) is 12.1. The van der Waals surface area contributed by atoms with Gasteiger partial charge in [-0.05, 0) is 65.2 Å². The van der Waals surface area contributed by atoms with Gasteiger partial charge in [-0.1, -0.05) is 17.7 Å². The molecule has 0 saturated heterocycles. The quantitative estimate of drug-likeness (QED) is 0.796. The van der Waals surface area contributed by atoms with Gasteiger partial charge in [-0.3, -0.25) is 4.79 Å². The summed E-state index contributed by atoms with van der Waals surface area (Å²) in [5.41, 5.74) is 2.54. The van der Waals surface area contributed by atoms with Crippen LogP contribution < -0.4 is 5.32 Å². The second kappa shape index (κ2) is 5.94. The zero-order valence-corrected chi connectivity index (χ0v) is 13.3. The molecule has 20 heavy (non-hydrogen) atoms. The Morgan fingerprint density at radius 2 is 1.90 bits per heavy atom. The largest absolute Gasteiger partial charge is 0.322 e. The number of nitrogens with one attached hydrogen (secondary N) is 1. The maximum Gasteiger partial charge on any atom is 0.255 e. The van der Waals surface area contributed by atoms with Crippen molar-refractivity contribution in [3.63, 3.8) is 0 Å². The molecule has 0 spiro atoms. The average molecular weight is 357 g/mol. The van der Waals surface area contributed by atoms with Crippen molar-refractivity contribution in [2.45, 2.75) is 13.8 Å². The monoisotopic (exact) mass is 355 g/mol. The lowest BCUT2D eigenvalue weighted by atomic mass is 10.1. The van der Waals surface area contributed by atoms with E-state index in [1.807, 2.05) is 6.92 Å². The summed E-state index contributed by atoms with van der Waals surface area (Å²) in [6.07, 6.45) is 0. The molecule has 5 heteroatoms. The van der Waals surface area contributed by atoms with Crippen LogP contribution in [0.5, 0.6) is 0 Å². The van der Waals surface area contributed by atoms with Crippen molar-refractivity contribution in [3.05, 3.63) is 62.3 Å². The van der Waals surface area contributed by atoms with E-state index in [0.717, 1.165) is 11.1 Å². The fourth-order valence-electron chi connectivity index (χ4n) is 1.71. The zero-order valence-electron chi connectivity index (χ0n) is 10.9. The van der Waals surface area contributed by atoms with Gasteiger partial charge in [0.05, 0.1) is 4.47 Å². The molecule has 104 valence electrons. The summed E-state index contributed by atoms with van der Waals surface area (Å²) in [6.45, 7) is 3.65. The number of carbonyl (C=O) groups is 1. The van der Waals surface area contributed by atoms with Gasteiger partial charge in [-0.25, -0.2) is 4.39 Å². The minimum atomic E-state index is -0.423. The highest BCUT2D eigenvalue weighted by Crippen LogP contribution is 2.25. The number of aryl methyl sites for hydroxylation is 2. The Balaban J connectivity index is 2.27. The van der Waals surface area contributed by atoms with Crippen LogP contribution in [0.3, 0.4) is 0 Å². The SMILES string of the molecule is Cc1ccc(C(=O)Nc2cc(F)c(Br)cc2C)cc1Cl. The maximum atomic E-state index is 13.5. The third-order valence-corrected chi connectivity index (χ3v) is 3.96. The van der Waals surface area contributed by atoms with Crippen molar-refractivity contribution in [1.29, 1.82) is 0 Å². The maximum absolute atomic E-state index is 13.5. The van der Waals surface area contributed by atoms with Crippen LogP contribution in [0.4, 0.5) is 10.1 Å². The van der Waals surface area contributed by atoms with E-state index in [4.69, 9.17) is 11.6 Å². The van der Waals surface area contributed by atoms with E-state index in [-0.39, 0.29) is 5.91 Å². The predicted molar refractivity (Wildman–Crippen MR) is 83.0 cm³/mol. The van der Waals surface area contributed by atoms with Gasteiger partial charge in [0.1, 0.15) is 5.82 Å². The molecule has 1 amide bonds. The minimum Gasteiger partial charge on any atom is -0.322 e. The van der Waals surface area contributed by atoms with E-state index in [1.54, 1.807) is 31.2 Å². The van der Waals surface area contributed by atoms with Gasteiger partial charge in [0.25, 0.3) is 5.91 Å². The second-order valence-electron chi connectivity index (χ2n) is 4.50. The summed E-state index contributed by atoms with van der Waals surface area (Å²) in [7, 11) is 0. The van der Waals surface area contributed by atoms with E-state index in [9.17, 15) is 9.18 Å². The standard InChI is InChI=1S/C15H12BrClFNO/c1-8-3-4-10(6-12(8)17)15(20)19-14-7-13(18)11(16)5-9(14)2/h3-7H,1-2H3,(H,19,20). The molecule has 0 aromatic heterocycles. The van der Waals surface area contributed by atoms with Crippen LogP contribution in [0.2, 0.25) is 5.02 Å². The summed E-state index contributed by atoms with van der Waals surface area (Å²) in [5, 5.41) is 3.21. The number of benzene rings is 2. The molecular formula is C15H12BrClFNO. The lowest BCUT2D eigenvalue weighted by Crippen LogP contribution is -2.13. The van der Waals surface area contributed by atoms with Crippen LogP contribution in [-0.4, -0.2) is 5.91 Å². The Hall–Kier alpha value is -1.39. The lowest BCUT2D eigenvalue weighted by Gasteiger charge is -2.10. The number of rotatable bonds is 2. The molecule has 0 aliphatic rings. The van der Waals surface area contributed by atoms with E-state index >= 15 is 0 Å². The minimum absolute atomic E-state index is 0.322. The first kappa shape index (κ1) is 15.0. The van der Waals surface area contributed by atoms with Gasteiger partial charge in [0.15, 0.2) is 0 Å². The average Bonchev–Trinajstić information content (AvgIpc) is 2.39. The lowest BCUT2D eigenvalue weighted by molar-refractivity contribution is 0.102. The molecule has 2 aromatic rings. The molecule has 0 unspecified atom stereocenters. The van der Waals surface area contributed by atoms with Crippen molar-refractivity contribution in [2.75, 3.05) is 5.32 Å². The molecule has 0 heterocycles. The molecule has 2 rings (SSSR count). The molecule has 0 fully saturated rings. The summed E-state index contributed by atoms with van der Waals surface area (Å²) < 4.78 is 13.9. The van der Waals surface area contributed by atoms with Crippen LogP contribution in [0.25, 0.3) is 0 Å². The van der Waals surface area contributed by atoms with Crippen LogP contribution in [-0.2, 0) is 0 Å². The van der Waals surface area contributed by atoms with Crippen LogP contribution in [0.15, 0.2) is 34.8 Å². The molecule has 0 aliphatic heterocycles. The van der Waals surface area contributed by atoms with Gasteiger partial charge in [-0.2, -0.15) is 0 Å². The van der Waals surface area contributed by atoms with Crippen molar-refractivity contribution >= 4 is 39.1 Å². The molecule has 0 atom stereocenters. The van der Waals surface area contributed by atoms with E-state index < -0.39 is 5.82 Å². The van der Waals surface area contributed by atoms with Crippen molar-refractivity contribution in [1.82, 2.24) is 0 Å². The fourth-order valence-corrected chi connectivity index (χ4v) is 2.35. The van der Waals surface area contributed by atoms with Crippen molar-refractivity contribution < 1.29 is 9.18 Å². The summed E-state index contributed by atoms with van der Waals surface area (Å²) >= 11 is 9.10. The fraction of sp³-hybridized carbons (Fsp3) is 0.133. The number of anilines is 1. The molecule has 2 nitrogen and oxygen atoms in total. The Labute approximate surface area is 130 Å². The van der Waals surface area contributed by atoms with E-state index in [1.165, 1.54) is 6.07 Å². The predicted octanol–water partition coefficient (Wildman–Crippen LogP) is 5.11. The van der Waals surface area contributed by atoms with Crippen LogP contribution >= 0.6 is 27.5 Å². The highest BCUT2D eigenvalue weighted by atomic mass is 79.9. The molecular weight excluding hydrogens is 345 g/mol. The Morgan fingerprint density at radius 1 is 1.20 bits per heavy atom. The van der Waals surface area contributed by atoms with Crippen molar-refractivity contribution in [3.8, 4) is 0 Å². The molecule has 1 N–H and O–H groups in total. The first-order valence-corrected chi connectivity index (χ1v) is 7.08. The number of hydrogen-bond acceptors (Lipinski definition) is 1. The second-order valence-corrected chi connectivity index (χ2v) is 5.76. The van der Waals surface area contributed by atoms with Gasteiger partial charge in [-0.15, -0.1) is 0 Å². The first-order chi connectivity index (χ1) is 9.38. The third-order valence-electron chi connectivity index (χ3n) is 2.95.